The van der Waals surface area contributed by atoms with Gasteiger partial charge in [-0.25, -0.2) is 13.6 Å². The molecule has 0 atom stereocenters. The van der Waals surface area contributed by atoms with Crippen LogP contribution in [0.1, 0.15) is 19.9 Å². The fourth-order valence-electron chi connectivity index (χ4n) is 1.61. The zero-order valence-corrected chi connectivity index (χ0v) is 12.0. The van der Waals surface area contributed by atoms with Crippen LogP contribution in [0.4, 0.5) is 5.69 Å². The minimum atomic E-state index is -3.92. The number of rotatable bonds is 4. The third-order valence-corrected chi connectivity index (χ3v) is 3.54. The lowest BCUT2D eigenvalue weighted by molar-refractivity contribution is 0.463. The Morgan fingerprint density at radius 3 is 2.60 bits per heavy atom. The molecular weight excluding hydrogens is 280 g/mol. The molecule has 0 aliphatic carbocycles. The molecule has 4 N–H and O–H groups in total. The number of sulfonamides is 1. The number of benzene rings is 1. The van der Waals surface area contributed by atoms with Gasteiger partial charge in [0, 0.05) is 11.7 Å². The average molecular weight is 296 g/mol. The van der Waals surface area contributed by atoms with Gasteiger partial charge in [-0.1, -0.05) is 0 Å². The van der Waals surface area contributed by atoms with Crippen molar-refractivity contribution in [1.29, 1.82) is 0 Å². The van der Waals surface area contributed by atoms with Gasteiger partial charge < -0.3 is 10.5 Å². The summed E-state index contributed by atoms with van der Waals surface area (Å²) >= 11 is 0. The first-order valence-corrected chi connectivity index (χ1v) is 7.46. The second kappa shape index (κ2) is 5.14. The third kappa shape index (κ3) is 3.09. The summed E-state index contributed by atoms with van der Waals surface area (Å²) in [5.74, 6) is 0.540. The van der Waals surface area contributed by atoms with Crippen LogP contribution in [-0.2, 0) is 10.0 Å². The van der Waals surface area contributed by atoms with Crippen molar-refractivity contribution in [2.45, 2.75) is 24.8 Å². The summed E-state index contributed by atoms with van der Waals surface area (Å²) in [5, 5.41) is 9.26. The van der Waals surface area contributed by atoms with Crippen molar-refractivity contribution in [3.8, 4) is 11.5 Å². The van der Waals surface area contributed by atoms with E-state index in [1.165, 1.54) is 24.4 Å². The maximum Gasteiger partial charge on any atom is 0.241 e. The molecule has 1 aromatic carbocycles. The van der Waals surface area contributed by atoms with E-state index < -0.39 is 10.0 Å². The Balaban J connectivity index is 2.38. The van der Waals surface area contributed by atoms with Gasteiger partial charge in [0.25, 0.3) is 0 Å². The number of nitrogen functional groups attached to an aromatic ring is 1. The van der Waals surface area contributed by atoms with Gasteiger partial charge in [-0.3, -0.25) is 4.68 Å². The average Bonchev–Trinajstić information content (AvgIpc) is 2.79. The normalized spacial score (nSPS) is 11.8. The highest BCUT2D eigenvalue weighted by Crippen LogP contribution is 2.29. The lowest BCUT2D eigenvalue weighted by atomic mass is 10.3. The van der Waals surface area contributed by atoms with Gasteiger partial charge in [0.05, 0.1) is 12.4 Å². The fourth-order valence-corrected chi connectivity index (χ4v) is 2.30. The van der Waals surface area contributed by atoms with Crippen LogP contribution in [-0.4, -0.2) is 18.2 Å². The fraction of sp³-hybridized carbons (Fsp3) is 0.250. The Labute approximate surface area is 117 Å². The molecule has 7 nitrogen and oxygen atoms in total. The van der Waals surface area contributed by atoms with Crippen LogP contribution in [0, 0.1) is 0 Å². The summed E-state index contributed by atoms with van der Waals surface area (Å²) in [6.45, 7) is 3.94. The molecule has 0 amide bonds. The van der Waals surface area contributed by atoms with Crippen molar-refractivity contribution in [2.75, 3.05) is 5.73 Å². The van der Waals surface area contributed by atoms with E-state index in [4.69, 9.17) is 15.6 Å². The van der Waals surface area contributed by atoms with Gasteiger partial charge in [0.2, 0.25) is 10.0 Å². The minimum absolute atomic E-state index is 0.116. The summed E-state index contributed by atoms with van der Waals surface area (Å²) in [6.07, 6.45) is 3.18. The lowest BCUT2D eigenvalue weighted by Gasteiger charge is -2.09. The van der Waals surface area contributed by atoms with Crippen LogP contribution in [0.15, 0.2) is 35.5 Å². The molecule has 2 rings (SSSR count). The first-order chi connectivity index (χ1) is 9.27. The van der Waals surface area contributed by atoms with E-state index in [1.807, 2.05) is 13.8 Å². The van der Waals surface area contributed by atoms with E-state index in [0.717, 1.165) is 0 Å². The summed E-state index contributed by atoms with van der Waals surface area (Å²) < 4.78 is 30.3. The monoisotopic (exact) mass is 296 g/mol. The van der Waals surface area contributed by atoms with Gasteiger partial charge in [-0.2, -0.15) is 5.10 Å². The summed E-state index contributed by atoms with van der Waals surface area (Å²) in [7, 11) is -3.92. The van der Waals surface area contributed by atoms with Crippen molar-refractivity contribution >= 4 is 15.7 Å². The van der Waals surface area contributed by atoms with Crippen LogP contribution < -0.4 is 15.6 Å². The highest BCUT2D eigenvalue weighted by Gasteiger charge is 2.17. The molecule has 0 saturated heterocycles. The molecular formula is C12H16N4O3S. The molecule has 1 aromatic heterocycles. The Kier molecular flexibility index (Phi) is 3.69. The van der Waals surface area contributed by atoms with Crippen molar-refractivity contribution in [1.82, 2.24) is 9.78 Å². The predicted molar refractivity (Wildman–Crippen MR) is 74.9 cm³/mol. The Morgan fingerprint density at radius 1 is 1.35 bits per heavy atom. The number of hydrogen-bond donors (Lipinski definition) is 2. The molecule has 0 aliphatic heterocycles. The molecule has 0 unspecified atom stereocenters. The van der Waals surface area contributed by atoms with Crippen molar-refractivity contribution in [2.24, 2.45) is 5.14 Å². The zero-order valence-electron chi connectivity index (χ0n) is 11.1. The van der Waals surface area contributed by atoms with Gasteiger partial charge in [0.1, 0.15) is 10.6 Å². The molecule has 2 aromatic rings. The van der Waals surface area contributed by atoms with E-state index >= 15 is 0 Å². The van der Waals surface area contributed by atoms with E-state index in [-0.39, 0.29) is 16.7 Å². The molecule has 1 heterocycles. The largest absolute Gasteiger partial charge is 0.453 e. The van der Waals surface area contributed by atoms with E-state index in [2.05, 4.69) is 5.10 Å². The lowest BCUT2D eigenvalue weighted by Crippen LogP contribution is -2.13. The highest BCUT2D eigenvalue weighted by molar-refractivity contribution is 7.89. The van der Waals surface area contributed by atoms with E-state index in [0.29, 0.717) is 11.4 Å². The van der Waals surface area contributed by atoms with E-state index in [1.54, 1.807) is 10.9 Å². The quantitative estimate of drug-likeness (QED) is 0.830. The number of ether oxygens (including phenoxy) is 1. The Bertz CT molecular complexity index is 722. The van der Waals surface area contributed by atoms with Gasteiger partial charge in [-0.05, 0) is 32.0 Å². The summed E-state index contributed by atoms with van der Waals surface area (Å²) in [5.41, 5.74) is 5.86. The zero-order chi connectivity index (χ0) is 14.9. The first-order valence-electron chi connectivity index (χ1n) is 5.91. The van der Waals surface area contributed by atoms with Crippen molar-refractivity contribution in [3.63, 3.8) is 0 Å². The molecule has 0 bridgehead atoms. The topological polar surface area (TPSA) is 113 Å². The Hall–Kier alpha value is -2.06. The first kappa shape index (κ1) is 14.4. The SMILES string of the molecule is CC(C)n1cc(Oc2ccc(N)cc2S(N)(=O)=O)cn1. The maximum atomic E-state index is 11.5. The van der Waals surface area contributed by atoms with E-state index in [9.17, 15) is 8.42 Å². The molecule has 0 saturated carbocycles. The number of nitrogens with zero attached hydrogens (tertiary/aromatic N) is 2. The van der Waals surface area contributed by atoms with Gasteiger partial charge in [-0.15, -0.1) is 0 Å². The molecule has 0 fully saturated rings. The number of hydrogen-bond acceptors (Lipinski definition) is 5. The van der Waals surface area contributed by atoms with Gasteiger partial charge in [0.15, 0.2) is 5.75 Å². The second-order valence-corrected chi connectivity index (χ2v) is 6.13. The van der Waals surface area contributed by atoms with Crippen molar-refractivity contribution in [3.05, 3.63) is 30.6 Å². The number of primary sulfonamides is 1. The predicted octanol–water partition coefficient (Wildman–Crippen LogP) is 1.49. The number of aromatic nitrogens is 2. The second-order valence-electron chi connectivity index (χ2n) is 4.60. The molecule has 0 radical (unpaired) electrons. The third-order valence-electron chi connectivity index (χ3n) is 2.61. The van der Waals surface area contributed by atoms with Crippen LogP contribution in [0.25, 0.3) is 0 Å². The maximum absolute atomic E-state index is 11.5. The molecule has 0 spiro atoms. The Morgan fingerprint density at radius 2 is 2.05 bits per heavy atom. The van der Waals surface area contributed by atoms with Crippen LogP contribution >= 0.6 is 0 Å². The van der Waals surface area contributed by atoms with Crippen LogP contribution in [0.2, 0.25) is 0 Å². The van der Waals surface area contributed by atoms with Gasteiger partial charge >= 0.3 is 0 Å². The van der Waals surface area contributed by atoms with Crippen LogP contribution in [0.5, 0.6) is 11.5 Å². The minimum Gasteiger partial charge on any atom is -0.453 e. The highest BCUT2D eigenvalue weighted by atomic mass is 32.2. The molecule has 0 aliphatic rings. The number of nitrogens with two attached hydrogens (primary N) is 2. The smallest absolute Gasteiger partial charge is 0.241 e. The standard InChI is InChI=1S/C12H16N4O3S/c1-8(2)16-7-10(6-15-16)19-11-4-3-9(13)5-12(11)20(14,17)18/h3-8H,13H2,1-2H3,(H2,14,17,18). The molecule has 108 valence electrons. The van der Waals surface area contributed by atoms with Crippen LogP contribution in [0.3, 0.4) is 0 Å². The molecule has 20 heavy (non-hydrogen) atoms. The molecule has 8 heteroatoms. The number of anilines is 1. The summed E-state index contributed by atoms with van der Waals surface area (Å²) in [4.78, 5) is -0.158. The summed E-state index contributed by atoms with van der Waals surface area (Å²) in [6, 6.07) is 4.44. The van der Waals surface area contributed by atoms with Crippen molar-refractivity contribution < 1.29 is 13.2 Å².